The summed E-state index contributed by atoms with van der Waals surface area (Å²) >= 11 is 0. The fraction of sp³-hybridized carbons (Fsp3) is 0.229. The lowest BCUT2D eigenvalue weighted by Crippen LogP contribution is -2.39. The van der Waals surface area contributed by atoms with Crippen LogP contribution in [0, 0.1) is 0 Å². The molecule has 0 heterocycles. The molecule has 0 aliphatic heterocycles. The predicted octanol–water partition coefficient (Wildman–Crippen LogP) is 5.07. The van der Waals surface area contributed by atoms with E-state index in [1.54, 1.807) is 36.4 Å². The van der Waals surface area contributed by atoms with Crippen molar-refractivity contribution in [2.75, 3.05) is 21.3 Å². The highest BCUT2D eigenvalue weighted by Gasteiger charge is 2.24. The van der Waals surface area contributed by atoms with Gasteiger partial charge in [-0.3, -0.25) is 4.79 Å². The smallest absolute Gasteiger partial charge is 0.345 e. The lowest BCUT2D eigenvalue weighted by molar-refractivity contribution is -0.140. The molecule has 0 unspecified atom stereocenters. The Morgan fingerprint density at radius 2 is 1.44 bits per heavy atom. The van der Waals surface area contributed by atoms with Gasteiger partial charge in [-0.2, -0.15) is 0 Å². The van der Waals surface area contributed by atoms with Crippen LogP contribution in [0.15, 0.2) is 91.0 Å². The van der Waals surface area contributed by atoms with E-state index in [0.717, 1.165) is 16.7 Å². The van der Waals surface area contributed by atoms with Crippen LogP contribution in [0.3, 0.4) is 0 Å². The van der Waals surface area contributed by atoms with Crippen LogP contribution < -0.4 is 30.0 Å². The average Bonchev–Trinajstić information content (AvgIpc) is 3.07. The Labute approximate surface area is 262 Å². The lowest BCUT2D eigenvalue weighted by atomic mass is 10.0. The number of nitrogens with two attached hydrogens (primary N) is 1. The first-order chi connectivity index (χ1) is 21.8. The van der Waals surface area contributed by atoms with Crippen molar-refractivity contribution in [2.24, 2.45) is 5.73 Å². The van der Waals surface area contributed by atoms with Crippen LogP contribution in [0.4, 0.5) is 0 Å². The minimum atomic E-state index is -0.988. The van der Waals surface area contributed by atoms with E-state index < -0.39 is 23.9 Å². The van der Waals surface area contributed by atoms with Gasteiger partial charge < -0.3 is 34.7 Å². The summed E-state index contributed by atoms with van der Waals surface area (Å²) < 4.78 is 27.3. The van der Waals surface area contributed by atoms with Gasteiger partial charge >= 0.3 is 11.9 Å². The van der Waals surface area contributed by atoms with Crippen LogP contribution in [0.2, 0.25) is 0 Å². The highest BCUT2D eigenvalue weighted by atomic mass is 16.6. The van der Waals surface area contributed by atoms with Gasteiger partial charge in [-0.15, -0.1) is 0 Å². The van der Waals surface area contributed by atoms with Crippen LogP contribution in [0.5, 0.6) is 23.0 Å². The molecule has 0 saturated heterocycles. The van der Waals surface area contributed by atoms with E-state index in [0.29, 0.717) is 35.2 Å². The zero-order valence-corrected chi connectivity index (χ0v) is 25.4. The number of primary amides is 1. The Morgan fingerprint density at radius 1 is 0.756 bits per heavy atom. The summed E-state index contributed by atoms with van der Waals surface area (Å²) in [7, 11) is 4.50. The molecular formula is C35H36N2O8. The SMILES string of the molecule is COc1cc(CN[C@@H](CCC(N)=O)C(=O)OC(=O)c2ccc(-c3cccc(OCc4ccccc4)c3)cc2)cc(OC)c1OC. The summed E-state index contributed by atoms with van der Waals surface area (Å²) in [4.78, 5) is 37.4. The zero-order chi connectivity index (χ0) is 32.2. The third-order valence-corrected chi connectivity index (χ3v) is 6.97. The number of methoxy groups -OCH3 is 3. The standard InChI is InChI=1S/C35H36N2O8/c1-41-30-18-24(19-31(42-2)33(30)43-3)21-37-29(16-17-32(36)38)35(40)45-34(39)26-14-12-25(13-15-26)27-10-7-11-28(20-27)44-22-23-8-5-4-6-9-23/h4-15,18-20,29,37H,16-17,21-22H2,1-3H3,(H2,36,38)/t29-/m0/s1. The molecule has 0 bridgehead atoms. The van der Waals surface area contributed by atoms with Crippen molar-refractivity contribution in [3.05, 3.63) is 108 Å². The van der Waals surface area contributed by atoms with Gasteiger partial charge in [0.2, 0.25) is 11.7 Å². The number of rotatable bonds is 15. The number of carbonyl (C=O) groups is 3. The number of benzene rings is 4. The molecular weight excluding hydrogens is 576 g/mol. The maximum atomic E-state index is 13.1. The van der Waals surface area contributed by atoms with E-state index in [2.05, 4.69) is 5.32 Å². The topological polar surface area (TPSA) is 135 Å². The molecule has 4 aromatic rings. The van der Waals surface area contributed by atoms with Crippen molar-refractivity contribution >= 4 is 17.8 Å². The molecule has 0 aliphatic rings. The molecule has 0 aliphatic carbocycles. The van der Waals surface area contributed by atoms with E-state index in [1.165, 1.54) is 21.3 Å². The highest BCUT2D eigenvalue weighted by Crippen LogP contribution is 2.38. The van der Waals surface area contributed by atoms with Crippen molar-refractivity contribution in [1.29, 1.82) is 0 Å². The molecule has 0 aromatic heterocycles. The van der Waals surface area contributed by atoms with Gasteiger partial charge in [0.1, 0.15) is 18.4 Å². The Kier molecular flexibility index (Phi) is 11.5. The van der Waals surface area contributed by atoms with Gasteiger partial charge in [0.05, 0.1) is 26.9 Å². The monoisotopic (exact) mass is 612 g/mol. The van der Waals surface area contributed by atoms with Gasteiger partial charge in [0.15, 0.2) is 11.5 Å². The van der Waals surface area contributed by atoms with E-state index >= 15 is 0 Å². The Hall–Kier alpha value is -5.35. The number of ether oxygens (including phenoxy) is 5. The Morgan fingerprint density at radius 3 is 2.07 bits per heavy atom. The molecule has 1 amide bonds. The molecule has 1 atom stereocenters. The maximum absolute atomic E-state index is 13.1. The molecule has 234 valence electrons. The van der Waals surface area contributed by atoms with Crippen LogP contribution in [0.25, 0.3) is 11.1 Å². The summed E-state index contributed by atoms with van der Waals surface area (Å²) in [5.74, 6) is -0.212. The number of esters is 2. The van der Waals surface area contributed by atoms with Crippen LogP contribution in [-0.4, -0.2) is 45.2 Å². The summed E-state index contributed by atoms with van der Waals surface area (Å²) in [5, 5.41) is 3.05. The number of hydrogen-bond donors (Lipinski definition) is 2. The molecule has 4 rings (SSSR count). The summed E-state index contributed by atoms with van der Waals surface area (Å²) in [5.41, 5.74) is 9.05. The van der Waals surface area contributed by atoms with Crippen molar-refractivity contribution in [2.45, 2.75) is 32.0 Å². The average molecular weight is 613 g/mol. The largest absolute Gasteiger partial charge is 0.493 e. The Balaban J connectivity index is 1.40. The van der Waals surface area contributed by atoms with Gasteiger partial charge in [-0.1, -0.05) is 54.6 Å². The molecule has 0 spiro atoms. The van der Waals surface area contributed by atoms with E-state index in [1.807, 2.05) is 54.6 Å². The molecule has 3 N–H and O–H groups in total. The van der Waals surface area contributed by atoms with Gasteiger partial charge in [0.25, 0.3) is 0 Å². The van der Waals surface area contributed by atoms with Crippen molar-refractivity contribution in [1.82, 2.24) is 5.32 Å². The zero-order valence-electron chi connectivity index (χ0n) is 25.4. The molecule has 10 nitrogen and oxygen atoms in total. The normalized spacial score (nSPS) is 11.3. The van der Waals surface area contributed by atoms with Gasteiger partial charge in [-0.05, 0) is 65.1 Å². The number of amides is 1. The molecule has 0 saturated carbocycles. The fourth-order valence-corrected chi connectivity index (χ4v) is 4.59. The van der Waals surface area contributed by atoms with Crippen molar-refractivity contribution < 1.29 is 38.1 Å². The Bertz CT molecular complexity index is 1580. The first-order valence-corrected chi connectivity index (χ1v) is 14.2. The van der Waals surface area contributed by atoms with Crippen molar-refractivity contribution in [3.8, 4) is 34.1 Å². The molecule has 45 heavy (non-hydrogen) atoms. The summed E-state index contributed by atoms with van der Waals surface area (Å²) in [6, 6.07) is 26.7. The maximum Gasteiger partial charge on any atom is 0.345 e. The fourth-order valence-electron chi connectivity index (χ4n) is 4.59. The number of carbonyl (C=O) groups excluding carboxylic acids is 3. The minimum absolute atomic E-state index is 0.0352. The second-order valence-corrected chi connectivity index (χ2v) is 10.1. The summed E-state index contributed by atoms with van der Waals surface area (Å²) in [6.45, 7) is 0.618. The summed E-state index contributed by atoms with van der Waals surface area (Å²) in [6.07, 6.45) is -0.0491. The van der Waals surface area contributed by atoms with E-state index in [4.69, 9.17) is 29.4 Å². The van der Waals surface area contributed by atoms with Crippen LogP contribution >= 0.6 is 0 Å². The minimum Gasteiger partial charge on any atom is -0.493 e. The first-order valence-electron chi connectivity index (χ1n) is 14.2. The lowest BCUT2D eigenvalue weighted by Gasteiger charge is -2.18. The first kappa shape index (κ1) is 32.6. The second kappa shape index (κ2) is 15.9. The quantitative estimate of drug-likeness (QED) is 0.139. The van der Waals surface area contributed by atoms with Crippen LogP contribution in [-0.2, 0) is 27.5 Å². The molecule has 0 fully saturated rings. The number of hydrogen-bond acceptors (Lipinski definition) is 9. The van der Waals surface area contributed by atoms with Crippen molar-refractivity contribution in [3.63, 3.8) is 0 Å². The molecule has 0 radical (unpaired) electrons. The van der Waals surface area contributed by atoms with Crippen LogP contribution in [0.1, 0.15) is 34.3 Å². The van der Waals surface area contributed by atoms with E-state index in [-0.39, 0.29) is 24.9 Å². The van der Waals surface area contributed by atoms with Gasteiger partial charge in [0, 0.05) is 13.0 Å². The van der Waals surface area contributed by atoms with E-state index in [9.17, 15) is 14.4 Å². The molecule has 10 heteroatoms. The predicted molar refractivity (Wildman–Crippen MR) is 168 cm³/mol. The number of nitrogens with one attached hydrogen (secondary N) is 1. The highest BCUT2D eigenvalue weighted by molar-refractivity contribution is 5.98. The van der Waals surface area contributed by atoms with Gasteiger partial charge in [-0.25, -0.2) is 9.59 Å². The molecule has 4 aromatic carbocycles. The third-order valence-electron chi connectivity index (χ3n) is 6.97. The third kappa shape index (κ3) is 9.07. The second-order valence-electron chi connectivity index (χ2n) is 10.1.